The average Bonchev–Trinajstić information content (AvgIpc) is 2.75. The van der Waals surface area contributed by atoms with E-state index in [0.717, 1.165) is 9.75 Å². The fraction of sp³-hybridized carbons (Fsp3) is 0.571. The second kappa shape index (κ2) is 7.23. The molecule has 112 valence electrons. The third-order valence-electron chi connectivity index (χ3n) is 2.85. The van der Waals surface area contributed by atoms with E-state index >= 15 is 0 Å². The number of hydrogen-bond acceptors (Lipinski definition) is 4. The largest absolute Gasteiger partial charge is 0.310 e. The van der Waals surface area contributed by atoms with Gasteiger partial charge in [-0.1, -0.05) is 26.7 Å². The monoisotopic (exact) mass is 314 g/mol. The highest BCUT2D eigenvalue weighted by Gasteiger charge is 2.26. The van der Waals surface area contributed by atoms with Crippen LogP contribution in [-0.2, 0) is 16.6 Å². The maximum absolute atomic E-state index is 12.5. The molecule has 20 heavy (non-hydrogen) atoms. The number of aryl methyl sites for hydroxylation is 1. The predicted molar refractivity (Wildman–Crippen MR) is 84.3 cm³/mol. The van der Waals surface area contributed by atoms with E-state index in [-0.39, 0.29) is 6.54 Å². The molecule has 0 aliphatic carbocycles. The summed E-state index contributed by atoms with van der Waals surface area (Å²) in [5.74, 6) is 2.40. The summed E-state index contributed by atoms with van der Waals surface area (Å²) in [4.78, 5) is 2.20. The summed E-state index contributed by atoms with van der Waals surface area (Å²) in [5.41, 5.74) is 0. The quantitative estimate of drug-likeness (QED) is 0.785. The van der Waals surface area contributed by atoms with Gasteiger partial charge in [-0.3, -0.25) is 0 Å². The second-order valence-corrected chi connectivity index (χ2v) is 8.05. The highest BCUT2D eigenvalue weighted by Crippen LogP contribution is 2.28. The van der Waals surface area contributed by atoms with Crippen molar-refractivity contribution in [3.8, 4) is 12.3 Å². The minimum atomic E-state index is -3.49. The Morgan fingerprint density at radius 2 is 2.15 bits per heavy atom. The number of thiophene rings is 1. The van der Waals surface area contributed by atoms with Crippen LogP contribution in [0.25, 0.3) is 0 Å². The Labute approximate surface area is 126 Å². The van der Waals surface area contributed by atoms with Crippen molar-refractivity contribution >= 4 is 21.4 Å². The van der Waals surface area contributed by atoms with E-state index in [1.165, 1.54) is 15.6 Å². The van der Waals surface area contributed by atoms with Gasteiger partial charge in [0.1, 0.15) is 0 Å². The summed E-state index contributed by atoms with van der Waals surface area (Å²) in [6.07, 6.45) is 5.24. The minimum absolute atomic E-state index is 0.105. The molecule has 0 aromatic carbocycles. The van der Waals surface area contributed by atoms with Crippen LogP contribution >= 0.6 is 11.3 Å². The van der Waals surface area contributed by atoms with E-state index in [1.807, 2.05) is 6.92 Å². The molecule has 0 bridgehead atoms. The van der Waals surface area contributed by atoms with Crippen molar-refractivity contribution in [2.45, 2.75) is 45.2 Å². The van der Waals surface area contributed by atoms with Gasteiger partial charge in [-0.25, -0.2) is 8.42 Å². The molecule has 0 spiro atoms. The summed E-state index contributed by atoms with van der Waals surface area (Å²) < 4.78 is 26.4. The zero-order valence-corrected chi connectivity index (χ0v) is 14.1. The summed E-state index contributed by atoms with van der Waals surface area (Å²) in [6, 6.07) is 2.12. The highest BCUT2D eigenvalue weighted by atomic mass is 32.2. The Hall–Kier alpha value is -0.870. The molecule has 1 N–H and O–H groups in total. The Bertz CT molecular complexity index is 583. The molecule has 0 saturated heterocycles. The smallest absolute Gasteiger partial charge is 0.245 e. The molecule has 0 amide bonds. The molecule has 4 nitrogen and oxygen atoms in total. The van der Waals surface area contributed by atoms with Gasteiger partial charge in [-0.2, -0.15) is 4.31 Å². The van der Waals surface area contributed by atoms with Gasteiger partial charge in [-0.15, -0.1) is 17.8 Å². The van der Waals surface area contributed by atoms with E-state index in [2.05, 4.69) is 25.1 Å². The van der Waals surface area contributed by atoms with E-state index in [9.17, 15) is 8.42 Å². The van der Waals surface area contributed by atoms with E-state index in [1.54, 1.807) is 13.0 Å². The lowest BCUT2D eigenvalue weighted by Gasteiger charge is -2.17. The lowest BCUT2D eigenvalue weighted by molar-refractivity contribution is 0.464. The van der Waals surface area contributed by atoms with Crippen LogP contribution in [0.4, 0.5) is 0 Å². The average molecular weight is 314 g/mol. The molecule has 0 aliphatic heterocycles. The predicted octanol–water partition coefficient (Wildman–Crippen LogP) is 2.20. The van der Waals surface area contributed by atoms with Crippen molar-refractivity contribution in [2.75, 3.05) is 13.1 Å². The number of sulfonamides is 1. The van der Waals surface area contributed by atoms with Crippen LogP contribution in [0.3, 0.4) is 0 Å². The van der Waals surface area contributed by atoms with E-state index in [4.69, 9.17) is 6.42 Å². The van der Waals surface area contributed by atoms with Crippen molar-refractivity contribution < 1.29 is 8.42 Å². The molecule has 0 fully saturated rings. The molecule has 1 rings (SSSR count). The number of nitrogens with one attached hydrogen (secondary N) is 1. The Morgan fingerprint density at radius 3 is 2.65 bits per heavy atom. The van der Waals surface area contributed by atoms with Gasteiger partial charge in [-0.05, 0) is 13.0 Å². The summed E-state index contributed by atoms with van der Waals surface area (Å²) in [5, 5.41) is 3.29. The fourth-order valence-electron chi connectivity index (χ4n) is 1.78. The van der Waals surface area contributed by atoms with Crippen molar-refractivity contribution in [3.05, 3.63) is 15.8 Å². The van der Waals surface area contributed by atoms with E-state index < -0.39 is 10.0 Å². The Morgan fingerprint density at radius 1 is 1.50 bits per heavy atom. The van der Waals surface area contributed by atoms with Crippen LogP contribution in [0.2, 0.25) is 0 Å². The topological polar surface area (TPSA) is 49.4 Å². The molecule has 6 heteroatoms. The molecule has 1 aromatic rings. The van der Waals surface area contributed by atoms with Crippen LogP contribution in [0.15, 0.2) is 11.0 Å². The number of nitrogens with zero attached hydrogens (tertiary/aromatic N) is 1. The highest BCUT2D eigenvalue weighted by molar-refractivity contribution is 7.89. The zero-order valence-electron chi connectivity index (χ0n) is 12.4. The molecule has 0 saturated carbocycles. The van der Waals surface area contributed by atoms with Crippen molar-refractivity contribution in [2.24, 2.45) is 0 Å². The molecule has 0 aliphatic rings. The third kappa shape index (κ3) is 4.06. The maximum atomic E-state index is 12.5. The third-order valence-corrected chi connectivity index (χ3v) is 6.07. The van der Waals surface area contributed by atoms with Crippen LogP contribution in [-0.4, -0.2) is 31.9 Å². The second-order valence-electron chi connectivity index (χ2n) is 4.80. The van der Waals surface area contributed by atoms with E-state index in [0.29, 0.717) is 24.0 Å². The summed E-state index contributed by atoms with van der Waals surface area (Å²) in [6.45, 7) is 8.90. The molecule has 0 unspecified atom stereocenters. The standard InChI is InChI=1S/C14H22N2O2S2/c1-6-8-16(7-2)20(17,18)14-9-13(19-12(14)5)10-15-11(3)4/h1,9,11,15H,7-8,10H2,2-5H3. The van der Waals surface area contributed by atoms with Gasteiger partial charge < -0.3 is 5.32 Å². The van der Waals surface area contributed by atoms with Gasteiger partial charge in [0.15, 0.2) is 0 Å². The Kier molecular flexibility index (Phi) is 6.21. The SMILES string of the molecule is C#CCN(CC)S(=O)(=O)c1cc(CNC(C)C)sc1C. The molecule has 1 aromatic heterocycles. The normalized spacial score (nSPS) is 12.1. The first-order valence-corrected chi connectivity index (χ1v) is 8.84. The minimum Gasteiger partial charge on any atom is -0.310 e. The van der Waals surface area contributed by atoms with Gasteiger partial charge in [0.25, 0.3) is 0 Å². The number of terminal acetylenes is 1. The lowest BCUT2D eigenvalue weighted by Crippen LogP contribution is -2.31. The summed E-state index contributed by atoms with van der Waals surface area (Å²) in [7, 11) is -3.49. The first kappa shape index (κ1) is 17.2. The summed E-state index contributed by atoms with van der Waals surface area (Å²) >= 11 is 1.51. The van der Waals surface area contributed by atoms with Gasteiger partial charge in [0.05, 0.1) is 11.4 Å². The Balaban J connectivity index is 3.04. The molecule has 0 radical (unpaired) electrons. The lowest BCUT2D eigenvalue weighted by atomic mass is 10.3. The molecular formula is C14H22N2O2S2. The van der Waals surface area contributed by atoms with Crippen molar-refractivity contribution in [1.82, 2.24) is 9.62 Å². The van der Waals surface area contributed by atoms with Crippen LogP contribution in [0, 0.1) is 19.3 Å². The number of hydrogen-bond donors (Lipinski definition) is 1. The first-order chi connectivity index (χ1) is 9.32. The fourth-order valence-corrected chi connectivity index (χ4v) is 4.70. The first-order valence-electron chi connectivity index (χ1n) is 6.59. The van der Waals surface area contributed by atoms with Crippen LogP contribution in [0.1, 0.15) is 30.5 Å². The molecule has 1 heterocycles. The zero-order chi connectivity index (χ0) is 15.3. The van der Waals surface area contributed by atoms with Crippen LogP contribution in [0.5, 0.6) is 0 Å². The van der Waals surface area contributed by atoms with Gasteiger partial charge in [0, 0.05) is 28.9 Å². The maximum Gasteiger partial charge on any atom is 0.245 e. The van der Waals surface area contributed by atoms with Gasteiger partial charge in [0.2, 0.25) is 10.0 Å². The molecule has 0 atom stereocenters. The number of rotatable bonds is 7. The van der Waals surface area contributed by atoms with Gasteiger partial charge >= 0.3 is 0 Å². The molecular weight excluding hydrogens is 292 g/mol. The van der Waals surface area contributed by atoms with Crippen molar-refractivity contribution in [3.63, 3.8) is 0 Å². The van der Waals surface area contributed by atoms with Crippen LogP contribution < -0.4 is 5.32 Å². The van der Waals surface area contributed by atoms with Crippen molar-refractivity contribution in [1.29, 1.82) is 0 Å².